The van der Waals surface area contributed by atoms with Gasteiger partial charge in [-0.15, -0.1) is 0 Å². The van der Waals surface area contributed by atoms with Crippen LogP contribution in [0.3, 0.4) is 0 Å². The van der Waals surface area contributed by atoms with E-state index < -0.39 is 17.6 Å². The van der Waals surface area contributed by atoms with Crippen LogP contribution < -0.4 is 15.8 Å². The Morgan fingerprint density at radius 1 is 1.48 bits per heavy atom. The third kappa shape index (κ3) is 2.79. The molecule has 7 nitrogen and oxygen atoms in total. The fourth-order valence-electron chi connectivity index (χ4n) is 2.35. The van der Waals surface area contributed by atoms with E-state index in [2.05, 4.69) is 15.0 Å². The Bertz CT molecular complexity index is 795. The van der Waals surface area contributed by atoms with E-state index in [1.165, 1.54) is 12.1 Å². The maximum Gasteiger partial charge on any atom is 0.482 e. The number of nitrogens with zero attached hydrogens (tertiary/aromatic N) is 2. The number of nitrogens with two attached hydrogens (primary N) is 1. The number of imidazole rings is 1. The summed E-state index contributed by atoms with van der Waals surface area (Å²) in [6, 6.07) is 2.78. The Labute approximate surface area is 130 Å². The summed E-state index contributed by atoms with van der Waals surface area (Å²) < 4.78 is 32.8. The molecular formula is C14H16F2N4O3. The van der Waals surface area contributed by atoms with Gasteiger partial charge in [-0.2, -0.15) is 8.78 Å². The van der Waals surface area contributed by atoms with E-state index in [0.717, 1.165) is 0 Å². The van der Waals surface area contributed by atoms with Crippen molar-refractivity contribution in [2.24, 2.45) is 0 Å². The molecule has 0 fully saturated rings. The van der Waals surface area contributed by atoms with Crippen molar-refractivity contribution in [1.29, 1.82) is 0 Å². The van der Waals surface area contributed by atoms with Crippen molar-refractivity contribution in [3.63, 3.8) is 0 Å². The Kier molecular flexibility index (Phi) is 3.22. The lowest BCUT2D eigenvalue weighted by molar-refractivity contribution is -0.189. The Morgan fingerprint density at radius 3 is 2.83 bits per heavy atom. The van der Waals surface area contributed by atoms with E-state index in [0.29, 0.717) is 24.0 Å². The fraction of sp³-hybridized carbons (Fsp3) is 0.429. The average Bonchev–Trinajstić information content (AvgIpc) is 2.69. The predicted octanol–water partition coefficient (Wildman–Crippen LogP) is 1.70. The number of carbonyl (C=O) groups excluding carboxylic acids is 1. The van der Waals surface area contributed by atoms with Gasteiger partial charge in [0.2, 0.25) is 5.95 Å². The van der Waals surface area contributed by atoms with Crippen LogP contribution in [0.25, 0.3) is 11.0 Å². The van der Waals surface area contributed by atoms with Gasteiger partial charge in [-0.05, 0) is 26.3 Å². The number of aryl methyl sites for hydroxylation is 1. The second kappa shape index (κ2) is 4.79. The largest absolute Gasteiger partial charge is 0.482 e. The molecule has 0 spiro atoms. The van der Waals surface area contributed by atoms with Gasteiger partial charge in [0.05, 0.1) is 22.3 Å². The highest BCUT2D eigenvalue weighted by Crippen LogP contribution is 2.38. The highest BCUT2D eigenvalue weighted by Gasteiger charge is 2.46. The molecule has 1 aliphatic heterocycles. The summed E-state index contributed by atoms with van der Waals surface area (Å²) >= 11 is 0. The third-order valence-electron chi connectivity index (χ3n) is 3.58. The molecule has 0 radical (unpaired) electrons. The van der Waals surface area contributed by atoms with Crippen LogP contribution in [-0.2, 0) is 11.3 Å². The fourth-order valence-corrected chi connectivity index (χ4v) is 2.35. The van der Waals surface area contributed by atoms with E-state index >= 15 is 0 Å². The van der Waals surface area contributed by atoms with Gasteiger partial charge >= 0.3 is 12.0 Å². The highest BCUT2D eigenvalue weighted by atomic mass is 19.3. The molecule has 0 bridgehead atoms. The smallest absolute Gasteiger partial charge is 0.423 e. The molecule has 0 aliphatic carbocycles. The number of hydrogen-bond donors (Lipinski definition) is 3. The summed E-state index contributed by atoms with van der Waals surface area (Å²) in [5, 5.41) is 11.9. The molecule has 23 heavy (non-hydrogen) atoms. The summed E-state index contributed by atoms with van der Waals surface area (Å²) in [7, 11) is 0. The number of aliphatic hydroxyl groups is 1. The number of alkyl halides is 2. The molecule has 0 unspecified atom stereocenters. The number of halogens is 2. The summed E-state index contributed by atoms with van der Waals surface area (Å²) in [6.07, 6.45) is -3.53. The first-order valence-corrected chi connectivity index (χ1v) is 6.97. The maximum absolute atomic E-state index is 13.4. The van der Waals surface area contributed by atoms with Crippen molar-refractivity contribution in [3.05, 3.63) is 12.1 Å². The second-order valence-corrected chi connectivity index (χ2v) is 6.09. The number of carbonyl (C=O) groups is 1. The van der Waals surface area contributed by atoms with Crippen molar-refractivity contribution in [1.82, 2.24) is 9.55 Å². The molecule has 9 heteroatoms. The van der Waals surface area contributed by atoms with Crippen molar-refractivity contribution >= 4 is 28.6 Å². The van der Waals surface area contributed by atoms with Crippen molar-refractivity contribution < 1.29 is 23.4 Å². The first-order chi connectivity index (χ1) is 10.6. The number of ether oxygens (including phenoxy) is 1. The zero-order chi connectivity index (χ0) is 17.0. The maximum atomic E-state index is 13.4. The lowest BCUT2D eigenvalue weighted by Crippen LogP contribution is -2.43. The monoisotopic (exact) mass is 326 g/mol. The van der Waals surface area contributed by atoms with Crippen LogP contribution in [0, 0.1) is 0 Å². The van der Waals surface area contributed by atoms with Gasteiger partial charge in [-0.3, -0.25) is 4.79 Å². The molecule has 1 amide bonds. The molecule has 2 heterocycles. The number of amides is 1. The molecule has 0 saturated carbocycles. The van der Waals surface area contributed by atoms with E-state index in [1.807, 2.05) is 0 Å². The first-order valence-electron chi connectivity index (χ1n) is 6.97. The van der Waals surface area contributed by atoms with Gasteiger partial charge in [0.25, 0.3) is 0 Å². The molecule has 1 aromatic heterocycles. The van der Waals surface area contributed by atoms with Crippen LogP contribution in [0.15, 0.2) is 12.1 Å². The number of aromatic nitrogens is 2. The van der Waals surface area contributed by atoms with Crippen molar-refractivity contribution in [2.45, 2.75) is 38.5 Å². The number of rotatable bonds is 3. The number of nitrogens with one attached hydrogen (secondary N) is 1. The quantitative estimate of drug-likeness (QED) is 0.797. The summed E-state index contributed by atoms with van der Waals surface area (Å²) in [4.78, 5) is 15.4. The number of anilines is 2. The van der Waals surface area contributed by atoms with E-state index in [-0.39, 0.29) is 17.4 Å². The second-order valence-electron chi connectivity index (χ2n) is 6.09. The summed E-state index contributed by atoms with van der Waals surface area (Å²) in [6.45, 7) is 3.67. The molecule has 3 rings (SSSR count). The van der Waals surface area contributed by atoms with Crippen LogP contribution >= 0.6 is 0 Å². The van der Waals surface area contributed by atoms with Crippen LogP contribution in [0.1, 0.15) is 20.3 Å². The van der Waals surface area contributed by atoms with Gasteiger partial charge < -0.3 is 25.5 Å². The molecular weight excluding hydrogens is 310 g/mol. The molecule has 0 saturated heterocycles. The molecule has 124 valence electrons. The predicted molar refractivity (Wildman–Crippen MR) is 79.3 cm³/mol. The van der Waals surface area contributed by atoms with Crippen molar-refractivity contribution in [3.8, 4) is 5.75 Å². The minimum Gasteiger partial charge on any atom is -0.423 e. The molecule has 4 N–H and O–H groups in total. The van der Waals surface area contributed by atoms with E-state index in [4.69, 9.17) is 5.73 Å². The van der Waals surface area contributed by atoms with Crippen LogP contribution in [0.5, 0.6) is 5.75 Å². The van der Waals surface area contributed by atoms with Crippen LogP contribution in [0.4, 0.5) is 20.4 Å². The number of benzene rings is 1. The molecule has 2 aromatic rings. The number of hydrogen-bond acceptors (Lipinski definition) is 5. The first kappa shape index (κ1) is 15.5. The molecule has 0 atom stereocenters. The minimum atomic E-state index is -3.93. The molecule has 1 aliphatic rings. The van der Waals surface area contributed by atoms with Gasteiger partial charge in [0, 0.05) is 12.6 Å². The zero-order valence-electron chi connectivity index (χ0n) is 12.6. The Hall–Kier alpha value is -2.42. The van der Waals surface area contributed by atoms with Crippen molar-refractivity contribution in [2.75, 3.05) is 11.1 Å². The summed E-state index contributed by atoms with van der Waals surface area (Å²) in [5.41, 5.74) is 5.98. The van der Waals surface area contributed by atoms with Crippen LogP contribution in [0.2, 0.25) is 0 Å². The molecule has 1 aromatic carbocycles. The topological polar surface area (TPSA) is 102 Å². The highest BCUT2D eigenvalue weighted by molar-refractivity contribution is 6.01. The van der Waals surface area contributed by atoms with E-state index in [1.54, 1.807) is 18.4 Å². The lowest BCUT2D eigenvalue weighted by Gasteiger charge is -2.24. The van der Waals surface area contributed by atoms with Gasteiger partial charge in [0.1, 0.15) is 0 Å². The van der Waals surface area contributed by atoms with Gasteiger partial charge in [-0.25, -0.2) is 4.98 Å². The van der Waals surface area contributed by atoms with Crippen LogP contribution in [-0.4, -0.2) is 32.3 Å². The number of fused-ring (bicyclic) bond motifs is 2. The van der Waals surface area contributed by atoms with E-state index in [9.17, 15) is 18.7 Å². The SMILES string of the molecule is CC(C)(O)CCn1c(N)nc2cc3c(cc21)OC(F)(F)C(=O)N3. The van der Waals surface area contributed by atoms with Gasteiger partial charge in [-0.1, -0.05) is 0 Å². The summed E-state index contributed by atoms with van der Waals surface area (Å²) in [5.74, 6) is -1.50. The Morgan fingerprint density at radius 2 is 2.17 bits per heavy atom. The number of nitrogen functional groups attached to an aromatic ring is 1. The average molecular weight is 326 g/mol. The minimum absolute atomic E-state index is 0.112. The normalized spacial score (nSPS) is 16.8. The third-order valence-corrected chi connectivity index (χ3v) is 3.58. The zero-order valence-corrected chi connectivity index (χ0v) is 12.6. The standard InChI is InChI=1S/C14H16F2N4O3/c1-13(2,22)3-4-20-9-6-10-8(5-7(9)19-12(20)17)18-11(21)14(15,16)23-10/h5-6,22H,3-4H2,1-2H3,(H2,17,19)(H,18,21). The lowest BCUT2D eigenvalue weighted by atomic mass is 10.1. The Balaban J connectivity index is 2.04. The van der Waals surface area contributed by atoms with Gasteiger partial charge in [0.15, 0.2) is 5.75 Å².